The van der Waals surface area contributed by atoms with Crippen molar-refractivity contribution in [3.8, 4) is 0 Å². The molecule has 138 valence electrons. The summed E-state index contributed by atoms with van der Waals surface area (Å²) in [5.41, 5.74) is 0.898. The fourth-order valence-electron chi connectivity index (χ4n) is 2.42. The van der Waals surface area contributed by atoms with E-state index in [1.54, 1.807) is 6.08 Å². The van der Waals surface area contributed by atoms with Gasteiger partial charge in [0.05, 0.1) is 4.91 Å². The highest BCUT2D eigenvalue weighted by Crippen LogP contribution is 2.32. The van der Waals surface area contributed by atoms with Crippen LogP contribution in [0.5, 0.6) is 0 Å². The van der Waals surface area contributed by atoms with Crippen LogP contribution in [0.25, 0.3) is 6.08 Å². The van der Waals surface area contributed by atoms with Crippen LogP contribution in [0, 0.1) is 0 Å². The van der Waals surface area contributed by atoms with Crippen LogP contribution >= 0.6 is 24.0 Å². The number of carbonyl (C=O) groups excluding carboxylic acids is 2. The van der Waals surface area contributed by atoms with Gasteiger partial charge in [-0.3, -0.25) is 14.5 Å². The molecule has 0 aliphatic carbocycles. The first-order chi connectivity index (χ1) is 12.4. The zero-order valence-corrected chi connectivity index (χ0v) is 15.9. The molecule has 8 heteroatoms. The summed E-state index contributed by atoms with van der Waals surface area (Å²) in [6.45, 7) is 1.97. The molecule has 0 radical (unpaired) electrons. The van der Waals surface area contributed by atoms with Crippen molar-refractivity contribution >= 4 is 52.2 Å². The number of thiocarbonyl (C=S) groups is 1. The predicted molar refractivity (Wildman–Crippen MR) is 105 cm³/mol. The number of nitrogens with one attached hydrogen (secondary N) is 1. The first kappa shape index (κ1) is 20.1. The second-order valence-corrected chi connectivity index (χ2v) is 7.42. The minimum absolute atomic E-state index is 0.00144. The lowest BCUT2D eigenvalue weighted by Gasteiger charge is -2.16. The number of hydrogen-bond acceptors (Lipinski definition) is 5. The van der Waals surface area contributed by atoms with E-state index in [1.165, 1.54) is 16.7 Å². The van der Waals surface area contributed by atoms with Crippen LogP contribution in [0.1, 0.15) is 31.7 Å². The van der Waals surface area contributed by atoms with Gasteiger partial charge in [0.1, 0.15) is 10.4 Å². The molecule has 1 aromatic carbocycles. The topological polar surface area (TPSA) is 86.7 Å². The molecule has 26 heavy (non-hydrogen) atoms. The highest BCUT2D eigenvalue weighted by atomic mass is 32.2. The molecule has 1 aliphatic heterocycles. The normalized spacial score (nSPS) is 16.8. The maximum atomic E-state index is 12.5. The fourth-order valence-corrected chi connectivity index (χ4v) is 3.73. The van der Waals surface area contributed by atoms with E-state index in [2.05, 4.69) is 5.32 Å². The summed E-state index contributed by atoms with van der Waals surface area (Å²) in [6.07, 6.45) is 2.78. The predicted octanol–water partition coefficient (Wildman–Crippen LogP) is 2.65. The Morgan fingerprint density at radius 1 is 1.35 bits per heavy atom. The van der Waals surface area contributed by atoms with Crippen LogP contribution in [0.15, 0.2) is 35.2 Å². The molecule has 0 saturated carbocycles. The molecule has 1 aromatic rings. The van der Waals surface area contributed by atoms with Crippen LogP contribution in [0.3, 0.4) is 0 Å². The number of rotatable bonds is 8. The molecular formula is C18H20N2O4S2. The third-order valence-electron chi connectivity index (χ3n) is 3.74. The highest BCUT2D eigenvalue weighted by Gasteiger charge is 2.32. The zero-order chi connectivity index (χ0) is 19.1. The average Bonchev–Trinajstić information content (AvgIpc) is 2.87. The summed E-state index contributed by atoms with van der Waals surface area (Å²) in [7, 11) is 0. The monoisotopic (exact) mass is 392 g/mol. The number of nitrogens with zero attached hydrogens (tertiary/aromatic N) is 1. The maximum Gasteiger partial charge on any atom is 0.326 e. The minimum atomic E-state index is -1.06. The maximum absolute atomic E-state index is 12.5. The number of carbonyl (C=O) groups is 3. The van der Waals surface area contributed by atoms with E-state index < -0.39 is 17.9 Å². The van der Waals surface area contributed by atoms with Crippen LogP contribution in [0.4, 0.5) is 0 Å². The van der Waals surface area contributed by atoms with Crippen LogP contribution in [0.2, 0.25) is 0 Å². The second-order valence-electron chi connectivity index (χ2n) is 5.74. The third kappa shape index (κ3) is 5.40. The van der Waals surface area contributed by atoms with E-state index in [0.717, 1.165) is 5.56 Å². The van der Waals surface area contributed by atoms with Gasteiger partial charge in [0.15, 0.2) is 0 Å². The summed E-state index contributed by atoms with van der Waals surface area (Å²) in [4.78, 5) is 37.5. The molecule has 2 rings (SSSR count). The molecule has 1 atom stereocenters. The third-order valence-corrected chi connectivity index (χ3v) is 5.12. The molecule has 1 saturated heterocycles. The van der Waals surface area contributed by atoms with Gasteiger partial charge in [-0.2, -0.15) is 0 Å². The van der Waals surface area contributed by atoms with Gasteiger partial charge in [0, 0.05) is 13.0 Å². The lowest BCUT2D eigenvalue weighted by molar-refractivity contribution is -0.142. The zero-order valence-electron chi connectivity index (χ0n) is 14.3. The molecule has 0 unspecified atom stereocenters. The van der Waals surface area contributed by atoms with E-state index in [0.29, 0.717) is 22.1 Å². The molecule has 0 bridgehead atoms. The molecule has 0 spiro atoms. The van der Waals surface area contributed by atoms with Crippen LogP contribution < -0.4 is 5.32 Å². The van der Waals surface area contributed by atoms with Crippen molar-refractivity contribution in [1.82, 2.24) is 10.2 Å². The number of hydrogen-bond donors (Lipinski definition) is 2. The van der Waals surface area contributed by atoms with Crippen molar-refractivity contribution in [3.05, 3.63) is 40.8 Å². The average molecular weight is 393 g/mol. The number of carboxylic acid groups (broad SMARTS) is 1. The van der Waals surface area contributed by atoms with Gasteiger partial charge in [-0.1, -0.05) is 67.7 Å². The number of aliphatic carboxylic acids is 1. The van der Waals surface area contributed by atoms with Gasteiger partial charge in [0.25, 0.3) is 5.91 Å². The Balaban J connectivity index is 1.94. The summed E-state index contributed by atoms with van der Waals surface area (Å²) in [5, 5.41) is 11.6. The van der Waals surface area contributed by atoms with E-state index >= 15 is 0 Å². The van der Waals surface area contributed by atoms with Gasteiger partial charge in [0.2, 0.25) is 5.91 Å². The van der Waals surface area contributed by atoms with Crippen molar-refractivity contribution in [3.63, 3.8) is 0 Å². The Hall–Kier alpha value is -2.19. The molecule has 1 aliphatic rings. The first-order valence-electron chi connectivity index (χ1n) is 8.25. The Kier molecular flexibility index (Phi) is 7.35. The lowest BCUT2D eigenvalue weighted by Crippen LogP contribution is -2.42. The molecule has 1 fully saturated rings. The fraction of sp³-hybridized carbons (Fsp3) is 0.333. The molecule has 6 nitrogen and oxygen atoms in total. The smallest absolute Gasteiger partial charge is 0.326 e. The molecule has 2 N–H and O–H groups in total. The van der Waals surface area contributed by atoms with E-state index in [9.17, 15) is 14.4 Å². The summed E-state index contributed by atoms with van der Waals surface area (Å²) >= 11 is 6.43. The van der Waals surface area contributed by atoms with Crippen molar-refractivity contribution in [2.75, 3.05) is 6.54 Å². The molecular weight excluding hydrogens is 372 g/mol. The van der Waals surface area contributed by atoms with Gasteiger partial charge in [-0.05, 0) is 18.1 Å². The first-order valence-corrected chi connectivity index (χ1v) is 9.47. The van der Waals surface area contributed by atoms with Crippen molar-refractivity contribution in [2.45, 2.75) is 32.2 Å². The minimum Gasteiger partial charge on any atom is -0.480 e. The Morgan fingerprint density at radius 2 is 2.04 bits per heavy atom. The lowest BCUT2D eigenvalue weighted by atomic mass is 10.1. The largest absolute Gasteiger partial charge is 0.480 e. The summed E-state index contributed by atoms with van der Waals surface area (Å²) < 4.78 is 0.397. The highest BCUT2D eigenvalue weighted by molar-refractivity contribution is 8.26. The van der Waals surface area contributed by atoms with Gasteiger partial charge in [-0.15, -0.1) is 0 Å². The molecule has 2 amide bonds. The van der Waals surface area contributed by atoms with Crippen molar-refractivity contribution in [2.24, 2.45) is 0 Å². The molecule has 1 heterocycles. The molecule has 0 aromatic heterocycles. The Bertz CT molecular complexity index is 734. The summed E-state index contributed by atoms with van der Waals surface area (Å²) in [6, 6.07) is 8.53. The van der Waals surface area contributed by atoms with Gasteiger partial charge < -0.3 is 10.4 Å². The van der Waals surface area contributed by atoms with Crippen molar-refractivity contribution < 1.29 is 19.5 Å². The summed E-state index contributed by atoms with van der Waals surface area (Å²) in [5.74, 6) is -1.71. The van der Waals surface area contributed by atoms with E-state index in [-0.39, 0.29) is 18.9 Å². The van der Waals surface area contributed by atoms with Crippen LogP contribution in [-0.2, 0) is 14.4 Å². The Morgan fingerprint density at radius 3 is 2.65 bits per heavy atom. The SMILES string of the molecule is CCC[C@H](NC(=O)CCN1C(=O)/C(=C\c2ccccc2)SC1=S)C(=O)O. The van der Waals surface area contributed by atoms with Crippen molar-refractivity contribution in [1.29, 1.82) is 0 Å². The number of amides is 2. The number of benzene rings is 1. The van der Waals surface area contributed by atoms with Gasteiger partial charge in [-0.25, -0.2) is 4.79 Å². The quantitative estimate of drug-likeness (QED) is 0.522. The van der Waals surface area contributed by atoms with E-state index in [4.69, 9.17) is 17.3 Å². The number of thioether (sulfide) groups is 1. The second kappa shape index (κ2) is 9.49. The Labute approximate surface area is 161 Å². The number of carboxylic acids is 1. The van der Waals surface area contributed by atoms with Crippen LogP contribution in [-0.4, -0.2) is 44.7 Å². The van der Waals surface area contributed by atoms with E-state index in [1.807, 2.05) is 37.3 Å². The standard InChI is InChI=1S/C18H20N2O4S2/c1-2-6-13(17(23)24)19-15(21)9-10-20-16(22)14(26-18(20)25)11-12-7-4-3-5-8-12/h3-5,7-8,11,13H,2,6,9-10H2,1H3,(H,19,21)(H,23,24)/b14-11+/t13-/m0/s1. The van der Waals surface area contributed by atoms with Gasteiger partial charge >= 0.3 is 5.97 Å².